The molecule has 0 aromatic carbocycles. The second-order valence-electron chi connectivity index (χ2n) is 4.96. The van der Waals surface area contributed by atoms with Gasteiger partial charge in [-0.1, -0.05) is 5.16 Å². The number of nitrogens with two attached hydrogens (primary N) is 1. The van der Waals surface area contributed by atoms with Crippen LogP contribution in [-0.2, 0) is 0 Å². The van der Waals surface area contributed by atoms with Gasteiger partial charge >= 0.3 is 0 Å². The summed E-state index contributed by atoms with van der Waals surface area (Å²) in [4.78, 5) is 6.70. The SMILES string of the molecule is Cc1occc1-c1nc(C(N)CN2CCCC2)no1. The molecule has 1 atom stereocenters. The number of aryl methyl sites for hydroxylation is 1. The Hall–Kier alpha value is -1.66. The van der Waals surface area contributed by atoms with Crippen LogP contribution in [0, 0.1) is 6.92 Å². The fraction of sp³-hybridized carbons (Fsp3) is 0.538. The van der Waals surface area contributed by atoms with Crippen molar-refractivity contribution in [3.05, 3.63) is 23.9 Å². The van der Waals surface area contributed by atoms with E-state index in [4.69, 9.17) is 14.7 Å². The summed E-state index contributed by atoms with van der Waals surface area (Å²) in [6, 6.07) is 1.61. The maximum atomic E-state index is 6.13. The van der Waals surface area contributed by atoms with E-state index in [-0.39, 0.29) is 6.04 Å². The van der Waals surface area contributed by atoms with Gasteiger partial charge < -0.3 is 19.6 Å². The fourth-order valence-electron chi connectivity index (χ4n) is 2.43. The molecule has 6 nitrogen and oxygen atoms in total. The monoisotopic (exact) mass is 262 g/mol. The molecular formula is C13H18N4O2. The Kier molecular flexibility index (Phi) is 3.35. The molecule has 1 aliphatic rings. The molecule has 0 spiro atoms. The average molecular weight is 262 g/mol. The number of furan rings is 1. The van der Waals surface area contributed by atoms with Crippen LogP contribution in [0.2, 0.25) is 0 Å². The van der Waals surface area contributed by atoms with E-state index in [9.17, 15) is 0 Å². The lowest BCUT2D eigenvalue weighted by Crippen LogP contribution is -2.30. The number of likely N-dealkylation sites (tertiary alicyclic amines) is 1. The second-order valence-corrected chi connectivity index (χ2v) is 4.96. The van der Waals surface area contributed by atoms with E-state index < -0.39 is 0 Å². The summed E-state index contributed by atoms with van der Waals surface area (Å²) in [5.41, 5.74) is 6.96. The van der Waals surface area contributed by atoms with E-state index in [0.717, 1.165) is 31.0 Å². The summed E-state index contributed by atoms with van der Waals surface area (Å²) >= 11 is 0. The molecule has 0 saturated carbocycles. The standard InChI is InChI=1S/C13H18N4O2/c1-9-10(4-7-18-9)13-15-12(16-19-13)11(14)8-17-5-2-3-6-17/h4,7,11H,2-3,5-6,8,14H2,1H3. The Bertz CT molecular complexity index is 542. The third-order valence-electron chi connectivity index (χ3n) is 3.52. The highest BCUT2D eigenvalue weighted by Gasteiger charge is 2.21. The third kappa shape index (κ3) is 2.54. The zero-order valence-electron chi connectivity index (χ0n) is 11.0. The van der Waals surface area contributed by atoms with Crippen molar-refractivity contribution in [1.29, 1.82) is 0 Å². The summed E-state index contributed by atoms with van der Waals surface area (Å²) in [5, 5.41) is 3.98. The summed E-state index contributed by atoms with van der Waals surface area (Å²) in [5.74, 6) is 1.80. The summed E-state index contributed by atoms with van der Waals surface area (Å²) in [7, 11) is 0. The average Bonchev–Trinajstić information content (AvgIpc) is 3.08. The molecule has 0 radical (unpaired) electrons. The van der Waals surface area contributed by atoms with Crippen LogP contribution >= 0.6 is 0 Å². The van der Waals surface area contributed by atoms with Crippen LogP contribution in [0.1, 0.15) is 30.5 Å². The van der Waals surface area contributed by atoms with Gasteiger partial charge in [-0.2, -0.15) is 4.98 Å². The molecule has 2 N–H and O–H groups in total. The van der Waals surface area contributed by atoms with Crippen molar-refractivity contribution >= 4 is 0 Å². The highest BCUT2D eigenvalue weighted by molar-refractivity contribution is 5.54. The minimum Gasteiger partial charge on any atom is -0.469 e. The smallest absolute Gasteiger partial charge is 0.261 e. The van der Waals surface area contributed by atoms with Gasteiger partial charge in [-0.3, -0.25) is 0 Å². The summed E-state index contributed by atoms with van der Waals surface area (Å²) in [6.07, 6.45) is 4.11. The maximum Gasteiger partial charge on any atom is 0.261 e. The molecule has 0 bridgehead atoms. The largest absolute Gasteiger partial charge is 0.469 e. The Labute approximate surface area is 111 Å². The first-order valence-electron chi connectivity index (χ1n) is 6.60. The van der Waals surface area contributed by atoms with Crippen LogP contribution < -0.4 is 5.73 Å². The first-order valence-corrected chi connectivity index (χ1v) is 6.60. The van der Waals surface area contributed by atoms with Crippen molar-refractivity contribution < 1.29 is 8.94 Å². The fourth-order valence-corrected chi connectivity index (χ4v) is 2.43. The second kappa shape index (κ2) is 5.14. The lowest BCUT2D eigenvalue weighted by Gasteiger charge is -2.17. The summed E-state index contributed by atoms with van der Waals surface area (Å²) in [6.45, 7) is 4.87. The van der Waals surface area contributed by atoms with E-state index >= 15 is 0 Å². The van der Waals surface area contributed by atoms with Gasteiger partial charge in [0.15, 0.2) is 5.82 Å². The van der Waals surface area contributed by atoms with Gasteiger partial charge in [0.1, 0.15) is 5.76 Å². The zero-order chi connectivity index (χ0) is 13.2. The van der Waals surface area contributed by atoms with Crippen LogP contribution in [0.3, 0.4) is 0 Å². The lowest BCUT2D eigenvalue weighted by atomic mass is 10.2. The quantitative estimate of drug-likeness (QED) is 0.903. The highest BCUT2D eigenvalue weighted by Crippen LogP contribution is 2.23. The van der Waals surface area contributed by atoms with E-state index in [2.05, 4.69) is 15.0 Å². The van der Waals surface area contributed by atoms with Gasteiger partial charge in [0.2, 0.25) is 0 Å². The van der Waals surface area contributed by atoms with Crippen LogP contribution in [-0.4, -0.2) is 34.7 Å². The van der Waals surface area contributed by atoms with Gasteiger partial charge in [0.05, 0.1) is 17.9 Å². The molecule has 3 heterocycles. The molecule has 1 saturated heterocycles. The maximum absolute atomic E-state index is 6.13. The molecule has 1 unspecified atom stereocenters. The number of rotatable bonds is 4. The minimum absolute atomic E-state index is 0.206. The molecule has 0 amide bonds. The van der Waals surface area contributed by atoms with Gasteiger partial charge in [-0.15, -0.1) is 0 Å². The molecule has 2 aromatic rings. The molecule has 1 fully saturated rings. The Morgan fingerprint density at radius 2 is 2.21 bits per heavy atom. The van der Waals surface area contributed by atoms with Crippen molar-refractivity contribution in [3.63, 3.8) is 0 Å². The Balaban J connectivity index is 1.72. The molecule has 1 aliphatic heterocycles. The molecule has 19 heavy (non-hydrogen) atoms. The molecule has 102 valence electrons. The van der Waals surface area contributed by atoms with Crippen LogP contribution in [0.25, 0.3) is 11.5 Å². The van der Waals surface area contributed by atoms with E-state index in [1.54, 1.807) is 6.26 Å². The molecule has 3 rings (SSSR count). The molecule has 0 aliphatic carbocycles. The van der Waals surface area contributed by atoms with Crippen molar-refractivity contribution in [2.45, 2.75) is 25.8 Å². The number of nitrogens with zero attached hydrogens (tertiary/aromatic N) is 3. The van der Waals surface area contributed by atoms with E-state index in [1.165, 1.54) is 12.8 Å². The highest BCUT2D eigenvalue weighted by atomic mass is 16.5. The lowest BCUT2D eigenvalue weighted by molar-refractivity contribution is 0.306. The van der Waals surface area contributed by atoms with Crippen LogP contribution in [0.4, 0.5) is 0 Å². The first kappa shape index (κ1) is 12.4. The minimum atomic E-state index is -0.206. The number of hydrogen-bond donors (Lipinski definition) is 1. The predicted molar refractivity (Wildman–Crippen MR) is 69.3 cm³/mol. The van der Waals surface area contributed by atoms with E-state index in [1.807, 2.05) is 13.0 Å². The topological polar surface area (TPSA) is 81.3 Å². The van der Waals surface area contributed by atoms with Crippen LogP contribution in [0.15, 0.2) is 21.3 Å². The van der Waals surface area contributed by atoms with Gasteiger partial charge in [-0.05, 0) is 38.9 Å². The Morgan fingerprint density at radius 1 is 1.42 bits per heavy atom. The van der Waals surface area contributed by atoms with Gasteiger partial charge in [0, 0.05) is 6.54 Å². The van der Waals surface area contributed by atoms with Gasteiger partial charge in [-0.25, -0.2) is 0 Å². The van der Waals surface area contributed by atoms with Crippen molar-refractivity contribution in [1.82, 2.24) is 15.0 Å². The van der Waals surface area contributed by atoms with Crippen molar-refractivity contribution in [2.24, 2.45) is 5.73 Å². The van der Waals surface area contributed by atoms with Crippen LogP contribution in [0.5, 0.6) is 0 Å². The zero-order valence-corrected chi connectivity index (χ0v) is 11.0. The Morgan fingerprint density at radius 3 is 2.89 bits per heavy atom. The first-order chi connectivity index (χ1) is 9.24. The van der Waals surface area contributed by atoms with Crippen molar-refractivity contribution in [2.75, 3.05) is 19.6 Å². The van der Waals surface area contributed by atoms with E-state index in [0.29, 0.717) is 11.7 Å². The van der Waals surface area contributed by atoms with Gasteiger partial charge in [0.25, 0.3) is 5.89 Å². The normalized spacial score (nSPS) is 18.0. The predicted octanol–water partition coefficient (Wildman–Crippen LogP) is 1.73. The van der Waals surface area contributed by atoms with Crippen molar-refractivity contribution in [3.8, 4) is 11.5 Å². The molecule has 6 heteroatoms. The number of aromatic nitrogens is 2. The third-order valence-corrected chi connectivity index (χ3v) is 3.52. The summed E-state index contributed by atoms with van der Waals surface area (Å²) < 4.78 is 10.5. The number of hydrogen-bond acceptors (Lipinski definition) is 6. The molecule has 2 aromatic heterocycles. The molecular weight excluding hydrogens is 244 g/mol.